The fourth-order valence-electron chi connectivity index (χ4n) is 4.94. The highest BCUT2D eigenvalue weighted by atomic mass is 16.5. The third kappa shape index (κ3) is 7.29. The third-order valence-corrected chi connectivity index (χ3v) is 7.50. The van der Waals surface area contributed by atoms with Gasteiger partial charge in [-0.3, -0.25) is 0 Å². The van der Waals surface area contributed by atoms with Gasteiger partial charge in [0.2, 0.25) is 0 Å². The van der Waals surface area contributed by atoms with E-state index >= 15 is 0 Å². The van der Waals surface area contributed by atoms with Crippen LogP contribution in [0.5, 0.6) is 11.5 Å². The second kappa shape index (κ2) is 11.4. The van der Waals surface area contributed by atoms with Gasteiger partial charge in [0.05, 0.1) is 0 Å². The first kappa shape index (κ1) is 25.8. The number of hydrogen-bond donors (Lipinski definition) is 1. The van der Waals surface area contributed by atoms with Gasteiger partial charge < -0.3 is 9.84 Å². The normalized spacial score (nSPS) is 20.0. The van der Waals surface area contributed by atoms with Crippen LogP contribution in [0.1, 0.15) is 115 Å². The highest BCUT2D eigenvalue weighted by Gasteiger charge is 2.33. The molecule has 1 aromatic rings. The van der Waals surface area contributed by atoms with Gasteiger partial charge in [-0.25, -0.2) is 0 Å². The fourth-order valence-corrected chi connectivity index (χ4v) is 4.94. The molecule has 1 aliphatic heterocycles. The molecule has 0 radical (unpaired) electrons. The third-order valence-electron chi connectivity index (χ3n) is 7.50. The Morgan fingerprint density at radius 2 is 1.71 bits per heavy atom. The van der Waals surface area contributed by atoms with Crippen LogP contribution in [-0.2, 0) is 6.42 Å². The number of rotatable bonds is 11. The predicted octanol–water partition coefficient (Wildman–Crippen LogP) is 8.76. The van der Waals surface area contributed by atoms with Crippen LogP contribution in [0.3, 0.4) is 0 Å². The van der Waals surface area contributed by atoms with E-state index in [1.807, 2.05) is 13.8 Å². The number of aromatic hydroxyl groups is 1. The van der Waals surface area contributed by atoms with Crippen LogP contribution in [-0.4, -0.2) is 10.7 Å². The summed E-state index contributed by atoms with van der Waals surface area (Å²) in [6, 6.07) is 0. The van der Waals surface area contributed by atoms with E-state index in [1.165, 1.54) is 49.7 Å². The molecule has 2 heteroatoms. The monoisotopic (exact) mass is 428 g/mol. The average Bonchev–Trinajstić information content (AvgIpc) is 2.70. The van der Waals surface area contributed by atoms with E-state index in [9.17, 15) is 5.11 Å². The van der Waals surface area contributed by atoms with Crippen molar-refractivity contribution in [3.05, 3.63) is 33.9 Å². The topological polar surface area (TPSA) is 29.5 Å². The van der Waals surface area contributed by atoms with Gasteiger partial charge in [0.15, 0.2) is 0 Å². The van der Waals surface area contributed by atoms with E-state index in [4.69, 9.17) is 4.74 Å². The van der Waals surface area contributed by atoms with Gasteiger partial charge in [0, 0.05) is 5.56 Å². The molecule has 1 N–H and O–H groups in total. The van der Waals surface area contributed by atoms with Gasteiger partial charge in [-0.1, -0.05) is 58.1 Å². The Balaban J connectivity index is 1.81. The summed E-state index contributed by atoms with van der Waals surface area (Å²) in [6.07, 6.45) is 14.6. The smallest absolute Gasteiger partial charge is 0.127 e. The molecule has 2 rings (SSSR count). The minimum Gasteiger partial charge on any atom is -0.507 e. The van der Waals surface area contributed by atoms with Gasteiger partial charge in [-0.2, -0.15) is 0 Å². The molecule has 1 aromatic carbocycles. The summed E-state index contributed by atoms with van der Waals surface area (Å²) in [5.41, 5.74) is 5.66. The molecule has 2 unspecified atom stereocenters. The van der Waals surface area contributed by atoms with Crippen LogP contribution >= 0.6 is 0 Å². The lowest BCUT2D eigenvalue weighted by atomic mass is 9.85. The number of phenolic OH excluding ortho intramolecular Hbond substituents is 1. The molecule has 1 heterocycles. The first-order valence-electron chi connectivity index (χ1n) is 12.7. The first-order chi connectivity index (χ1) is 14.5. The fraction of sp³-hybridized carbons (Fsp3) is 0.724. The number of hydrogen-bond acceptors (Lipinski definition) is 2. The molecule has 2 nitrogen and oxygen atoms in total. The molecule has 31 heavy (non-hydrogen) atoms. The Hall–Kier alpha value is -1.44. The Bertz CT molecular complexity index is 759. The van der Waals surface area contributed by atoms with Gasteiger partial charge in [0.25, 0.3) is 0 Å². The molecule has 0 aromatic heterocycles. The molecule has 0 saturated carbocycles. The van der Waals surface area contributed by atoms with E-state index in [2.05, 4.69) is 47.6 Å². The maximum Gasteiger partial charge on any atom is 0.127 e. The Morgan fingerprint density at radius 3 is 2.39 bits per heavy atom. The molecule has 0 spiro atoms. The Morgan fingerprint density at radius 1 is 1.03 bits per heavy atom. The molecule has 2 atom stereocenters. The van der Waals surface area contributed by atoms with Crippen LogP contribution in [0.4, 0.5) is 0 Å². The Kier molecular flexibility index (Phi) is 9.52. The number of benzene rings is 1. The molecule has 0 saturated heterocycles. The number of fused-ring (bicyclic) bond motifs is 1. The van der Waals surface area contributed by atoms with Crippen LogP contribution in [0, 0.1) is 32.6 Å². The van der Waals surface area contributed by atoms with Crippen molar-refractivity contribution in [2.75, 3.05) is 0 Å². The molecule has 1 aliphatic rings. The van der Waals surface area contributed by atoms with Crippen molar-refractivity contribution in [2.24, 2.45) is 11.8 Å². The van der Waals surface area contributed by atoms with Crippen LogP contribution in [0.25, 0.3) is 0 Å². The van der Waals surface area contributed by atoms with Crippen LogP contribution in [0.2, 0.25) is 0 Å². The molecule has 0 fully saturated rings. The molecular formula is C29H48O2. The van der Waals surface area contributed by atoms with Gasteiger partial charge in [-0.05, 0) is 102 Å². The summed E-state index contributed by atoms with van der Waals surface area (Å²) in [6.45, 7) is 17.7. The van der Waals surface area contributed by atoms with Crippen LogP contribution < -0.4 is 4.74 Å². The molecule has 0 bridgehead atoms. The van der Waals surface area contributed by atoms with Crippen molar-refractivity contribution >= 4 is 0 Å². The van der Waals surface area contributed by atoms with Crippen molar-refractivity contribution in [1.29, 1.82) is 0 Å². The predicted molar refractivity (Wildman–Crippen MR) is 134 cm³/mol. The largest absolute Gasteiger partial charge is 0.507 e. The van der Waals surface area contributed by atoms with E-state index in [0.717, 1.165) is 60.0 Å². The minimum absolute atomic E-state index is 0.116. The highest BCUT2D eigenvalue weighted by molar-refractivity contribution is 5.58. The van der Waals surface area contributed by atoms with Crippen molar-refractivity contribution in [1.82, 2.24) is 0 Å². The minimum atomic E-state index is -0.116. The van der Waals surface area contributed by atoms with Crippen LogP contribution in [0.15, 0.2) is 11.6 Å². The average molecular weight is 429 g/mol. The molecular weight excluding hydrogens is 380 g/mol. The lowest BCUT2D eigenvalue weighted by Crippen LogP contribution is -2.37. The molecule has 0 aliphatic carbocycles. The summed E-state index contributed by atoms with van der Waals surface area (Å²) in [5, 5.41) is 10.4. The lowest BCUT2D eigenvalue weighted by Gasteiger charge is -2.38. The maximum atomic E-state index is 10.4. The van der Waals surface area contributed by atoms with Crippen molar-refractivity contribution < 1.29 is 9.84 Å². The Labute approximate surface area is 192 Å². The second-order valence-corrected chi connectivity index (χ2v) is 11.0. The molecule has 176 valence electrons. The summed E-state index contributed by atoms with van der Waals surface area (Å²) in [5.74, 6) is 3.16. The van der Waals surface area contributed by atoms with E-state index in [1.54, 1.807) is 0 Å². The zero-order chi connectivity index (χ0) is 23.2. The summed E-state index contributed by atoms with van der Waals surface area (Å²) in [4.78, 5) is 0. The number of allylic oxidation sites excluding steroid dienone is 2. The van der Waals surface area contributed by atoms with Gasteiger partial charge in [-0.15, -0.1) is 0 Å². The van der Waals surface area contributed by atoms with E-state index in [-0.39, 0.29) is 5.60 Å². The lowest BCUT2D eigenvalue weighted by molar-refractivity contribution is 0.0558. The number of ether oxygens (including phenoxy) is 1. The molecule has 0 amide bonds. The number of phenols is 1. The van der Waals surface area contributed by atoms with Gasteiger partial charge >= 0.3 is 0 Å². The SMILES string of the molecule is C/C(=C\CCC1(C)CCc2c(C)c(O)c(C)c(C)c2O1)CCCC(C)CCCC(C)C. The first-order valence-corrected chi connectivity index (χ1v) is 12.7. The summed E-state index contributed by atoms with van der Waals surface area (Å²) < 4.78 is 6.58. The zero-order valence-electron chi connectivity index (χ0n) is 21.7. The standard InChI is InChI=1S/C29H48O2/c1-20(2)12-9-13-21(3)14-10-15-22(4)16-11-18-29(8)19-17-26-25(7)27(30)23(5)24(6)28(26)31-29/h16,20-21,30H,9-15,17-19H2,1-8H3/b22-16+. The van der Waals surface area contributed by atoms with E-state index in [0.29, 0.717) is 5.75 Å². The quantitative estimate of drug-likeness (QED) is 0.357. The van der Waals surface area contributed by atoms with Crippen molar-refractivity contribution in [2.45, 2.75) is 125 Å². The zero-order valence-corrected chi connectivity index (χ0v) is 21.7. The summed E-state index contributed by atoms with van der Waals surface area (Å²) in [7, 11) is 0. The van der Waals surface area contributed by atoms with E-state index < -0.39 is 0 Å². The van der Waals surface area contributed by atoms with Crippen molar-refractivity contribution in [3.8, 4) is 11.5 Å². The maximum absolute atomic E-state index is 10.4. The summed E-state index contributed by atoms with van der Waals surface area (Å²) >= 11 is 0. The van der Waals surface area contributed by atoms with Crippen molar-refractivity contribution in [3.63, 3.8) is 0 Å². The second-order valence-electron chi connectivity index (χ2n) is 11.0. The highest BCUT2D eigenvalue weighted by Crippen LogP contribution is 2.44. The van der Waals surface area contributed by atoms with Gasteiger partial charge in [0.1, 0.15) is 17.1 Å².